The van der Waals surface area contributed by atoms with Crippen LogP contribution in [-0.4, -0.2) is 33.3 Å². The van der Waals surface area contributed by atoms with E-state index < -0.39 is 5.97 Å². The molecule has 0 spiro atoms. The first-order chi connectivity index (χ1) is 6.61. The van der Waals surface area contributed by atoms with Gasteiger partial charge in [0, 0.05) is 0 Å². The summed E-state index contributed by atoms with van der Waals surface area (Å²) < 4.78 is 0. The fraction of sp³-hybridized carbons (Fsp3) is 0.750. The van der Waals surface area contributed by atoms with Gasteiger partial charge in [0.2, 0.25) is 0 Å². The van der Waals surface area contributed by atoms with Crippen LogP contribution in [0.25, 0.3) is 0 Å². The molecule has 0 aromatic heterocycles. The first-order valence-electron chi connectivity index (χ1n) is 4.24. The van der Waals surface area contributed by atoms with Crippen LogP contribution < -0.4 is 0 Å². The van der Waals surface area contributed by atoms with Crippen LogP contribution in [0.5, 0.6) is 0 Å². The number of aliphatic carboxylic acids is 1. The zero-order chi connectivity index (χ0) is 11.0. The summed E-state index contributed by atoms with van der Waals surface area (Å²) in [7, 11) is 0. The number of halogens is 2. The molecule has 1 unspecified atom stereocenters. The minimum absolute atomic E-state index is 0.0104. The monoisotopic (exact) mass is 241 g/mol. The van der Waals surface area contributed by atoms with Gasteiger partial charge in [-0.2, -0.15) is 0 Å². The van der Waals surface area contributed by atoms with Gasteiger partial charge in [-0.05, 0) is 19.3 Å². The lowest BCUT2D eigenvalue weighted by Gasteiger charge is -2.15. The Morgan fingerprint density at radius 3 is 2.43 bits per heavy atom. The van der Waals surface area contributed by atoms with Crippen molar-refractivity contribution in [3.05, 3.63) is 0 Å². The smallest absolute Gasteiger partial charge is 0.318 e. The molecule has 0 aromatic rings. The third kappa shape index (κ3) is 6.05. The number of hydrogen-bond donors (Lipinski definition) is 2. The molecule has 0 aromatic carbocycles. The van der Waals surface area contributed by atoms with Gasteiger partial charge in [-0.25, -0.2) is 0 Å². The lowest BCUT2D eigenvalue weighted by molar-refractivity contribution is -0.134. The Hall–Kier alpha value is -0.480. The van der Waals surface area contributed by atoms with E-state index >= 15 is 0 Å². The third-order valence-electron chi connectivity index (χ3n) is 1.74. The fourth-order valence-electron chi connectivity index (χ4n) is 1.07. The van der Waals surface area contributed by atoms with Crippen LogP contribution >= 0.6 is 23.2 Å². The van der Waals surface area contributed by atoms with Crippen molar-refractivity contribution in [1.82, 2.24) is 0 Å². The van der Waals surface area contributed by atoms with Crippen molar-refractivity contribution in [2.24, 2.45) is 5.16 Å². The Bertz CT molecular complexity index is 209. The molecule has 0 heterocycles. The minimum atomic E-state index is -0.980. The predicted octanol–water partition coefficient (Wildman–Crippen LogP) is 2.31. The SMILES string of the molecule is O=C(O)CCl.ON=C1CCCCC1Cl. The van der Waals surface area contributed by atoms with Crippen molar-refractivity contribution in [1.29, 1.82) is 0 Å². The zero-order valence-corrected chi connectivity index (χ0v) is 9.13. The molecular weight excluding hydrogens is 229 g/mol. The summed E-state index contributed by atoms with van der Waals surface area (Å²) >= 11 is 10.5. The van der Waals surface area contributed by atoms with Crippen molar-refractivity contribution >= 4 is 34.9 Å². The number of carboxylic acid groups (broad SMARTS) is 1. The maximum atomic E-state index is 9.24. The third-order valence-corrected chi connectivity index (χ3v) is 2.44. The van der Waals surface area contributed by atoms with Crippen LogP contribution in [0.1, 0.15) is 25.7 Å². The lowest BCUT2D eigenvalue weighted by Crippen LogP contribution is -2.18. The summed E-state index contributed by atoms with van der Waals surface area (Å²) in [6, 6.07) is 0. The van der Waals surface area contributed by atoms with Gasteiger partial charge in [-0.15, -0.1) is 23.2 Å². The fourth-order valence-corrected chi connectivity index (χ4v) is 1.37. The average Bonchev–Trinajstić information content (AvgIpc) is 2.19. The Morgan fingerprint density at radius 2 is 2.14 bits per heavy atom. The average molecular weight is 242 g/mol. The van der Waals surface area contributed by atoms with Crippen molar-refractivity contribution in [3.63, 3.8) is 0 Å². The molecular formula is C8H13Cl2NO3. The zero-order valence-electron chi connectivity index (χ0n) is 7.62. The Kier molecular flexibility index (Phi) is 7.61. The summed E-state index contributed by atoms with van der Waals surface area (Å²) in [6.45, 7) is 0. The first-order valence-corrected chi connectivity index (χ1v) is 5.21. The molecule has 2 N–H and O–H groups in total. The summed E-state index contributed by atoms with van der Waals surface area (Å²) in [5, 5.41) is 19.1. The Labute approximate surface area is 92.5 Å². The number of hydrogen-bond acceptors (Lipinski definition) is 3. The van der Waals surface area contributed by atoms with Crippen LogP contribution in [-0.2, 0) is 4.79 Å². The predicted molar refractivity (Wildman–Crippen MR) is 55.7 cm³/mol. The van der Waals surface area contributed by atoms with Crippen molar-refractivity contribution in [2.45, 2.75) is 31.1 Å². The molecule has 4 nitrogen and oxygen atoms in total. The molecule has 14 heavy (non-hydrogen) atoms. The Balaban J connectivity index is 0.000000292. The lowest BCUT2D eigenvalue weighted by atomic mass is 9.98. The summed E-state index contributed by atoms with van der Waals surface area (Å²) in [4.78, 5) is 9.24. The van der Waals surface area contributed by atoms with Crippen molar-refractivity contribution < 1.29 is 15.1 Å². The van der Waals surface area contributed by atoms with E-state index in [-0.39, 0.29) is 11.3 Å². The van der Waals surface area contributed by atoms with Gasteiger partial charge >= 0.3 is 5.97 Å². The molecule has 82 valence electrons. The van der Waals surface area contributed by atoms with Gasteiger partial charge in [0.25, 0.3) is 0 Å². The maximum absolute atomic E-state index is 9.24. The molecule has 0 bridgehead atoms. The number of carbonyl (C=O) groups is 1. The highest BCUT2D eigenvalue weighted by atomic mass is 35.5. The van der Waals surface area contributed by atoms with Crippen LogP contribution in [0.15, 0.2) is 5.16 Å². The van der Waals surface area contributed by atoms with E-state index in [4.69, 9.17) is 33.5 Å². The molecule has 0 amide bonds. The van der Waals surface area contributed by atoms with Crippen LogP contribution in [0, 0.1) is 0 Å². The van der Waals surface area contributed by atoms with Gasteiger partial charge in [0.1, 0.15) is 5.88 Å². The van der Waals surface area contributed by atoms with Crippen LogP contribution in [0.3, 0.4) is 0 Å². The topological polar surface area (TPSA) is 69.9 Å². The second-order valence-corrected chi connectivity index (χ2v) is 3.63. The van der Waals surface area contributed by atoms with Gasteiger partial charge in [-0.3, -0.25) is 4.79 Å². The number of rotatable bonds is 1. The number of nitrogens with zero attached hydrogens (tertiary/aromatic N) is 1. The standard InChI is InChI=1S/C6H10ClNO.C2H3ClO2/c7-5-3-1-2-4-6(5)8-9;3-1-2(4)5/h5,9H,1-4H2;1H2,(H,4,5). The largest absolute Gasteiger partial charge is 0.480 e. The van der Waals surface area contributed by atoms with Gasteiger partial charge in [0.05, 0.1) is 11.1 Å². The first kappa shape index (κ1) is 13.5. The number of oxime groups is 1. The highest BCUT2D eigenvalue weighted by molar-refractivity contribution is 6.32. The van der Waals surface area contributed by atoms with E-state index in [1.54, 1.807) is 0 Å². The van der Waals surface area contributed by atoms with E-state index in [9.17, 15) is 4.79 Å². The van der Waals surface area contributed by atoms with Crippen LogP contribution in [0.2, 0.25) is 0 Å². The van der Waals surface area contributed by atoms with E-state index in [2.05, 4.69) is 5.16 Å². The molecule has 0 aliphatic heterocycles. The molecule has 0 saturated heterocycles. The van der Waals surface area contributed by atoms with Gasteiger partial charge in [-0.1, -0.05) is 11.6 Å². The van der Waals surface area contributed by atoms with E-state index in [1.165, 1.54) is 0 Å². The van der Waals surface area contributed by atoms with E-state index in [0.29, 0.717) is 0 Å². The quantitative estimate of drug-likeness (QED) is 0.421. The molecule has 0 radical (unpaired) electrons. The molecule has 1 fully saturated rings. The summed E-state index contributed by atoms with van der Waals surface area (Å²) in [6.07, 6.45) is 4.10. The molecule has 1 rings (SSSR count). The molecule has 1 saturated carbocycles. The minimum Gasteiger partial charge on any atom is -0.480 e. The second-order valence-electron chi connectivity index (χ2n) is 2.83. The maximum Gasteiger partial charge on any atom is 0.318 e. The van der Waals surface area contributed by atoms with Crippen molar-refractivity contribution in [3.8, 4) is 0 Å². The Morgan fingerprint density at radius 1 is 1.57 bits per heavy atom. The number of alkyl halides is 2. The number of carboxylic acids is 1. The highest BCUT2D eigenvalue weighted by Gasteiger charge is 2.17. The molecule has 1 aliphatic carbocycles. The van der Waals surface area contributed by atoms with Gasteiger partial charge < -0.3 is 10.3 Å². The summed E-state index contributed by atoms with van der Waals surface area (Å²) in [5.41, 5.74) is 0.753. The van der Waals surface area contributed by atoms with E-state index in [0.717, 1.165) is 31.4 Å². The summed E-state index contributed by atoms with van der Waals surface area (Å²) in [5.74, 6) is -1.29. The van der Waals surface area contributed by atoms with Gasteiger partial charge in [0.15, 0.2) is 0 Å². The molecule has 6 heteroatoms. The normalized spacial score (nSPS) is 23.9. The molecule has 1 atom stereocenters. The van der Waals surface area contributed by atoms with E-state index in [1.807, 2.05) is 0 Å². The van der Waals surface area contributed by atoms with Crippen molar-refractivity contribution in [2.75, 3.05) is 5.88 Å². The second kappa shape index (κ2) is 7.88. The molecule has 1 aliphatic rings. The van der Waals surface area contributed by atoms with Crippen LogP contribution in [0.4, 0.5) is 0 Å². The highest BCUT2D eigenvalue weighted by Crippen LogP contribution is 2.19.